The van der Waals surface area contributed by atoms with Gasteiger partial charge in [-0.1, -0.05) is 30.3 Å². The van der Waals surface area contributed by atoms with E-state index >= 15 is 0 Å². The lowest BCUT2D eigenvalue weighted by Crippen LogP contribution is -2.29. The second-order valence-corrected chi connectivity index (χ2v) is 5.75. The fourth-order valence-electron chi connectivity index (χ4n) is 2.52. The first kappa shape index (κ1) is 19.2. The molecular weight excluding hydrogens is 332 g/mol. The molecule has 1 amide bonds. The van der Waals surface area contributed by atoms with E-state index < -0.39 is 17.7 Å². The van der Waals surface area contributed by atoms with Crippen molar-refractivity contribution in [3.63, 3.8) is 0 Å². The summed E-state index contributed by atoms with van der Waals surface area (Å²) >= 11 is 0. The Labute approximate surface area is 152 Å². The number of amides is 1. The van der Waals surface area contributed by atoms with Crippen molar-refractivity contribution >= 4 is 23.7 Å². The van der Waals surface area contributed by atoms with Crippen LogP contribution < -0.4 is 5.32 Å². The number of carbonyl (C=O) groups excluding carboxylic acids is 3. The van der Waals surface area contributed by atoms with Gasteiger partial charge in [-0.2, -0.15) is 0 Å². The Bertz CT molecular complexity index is 835. The van der Waals surface area contributed by atoms with Gasteiger partial charge in [-0.05, 0) is 49.6 Å². The number of hydrogen-bond donors (Lipinski definition) is 2. The molecule has 0 unspecified atom stereocenters. The van der Waals surface area contributed by atoms with Crippen LogP contribution in [0.15, 0.2) is 36.4 Å². The van der Waals surface area contributed by atoms with Gasteiger partial charge in [0.05, 0.1) is 6.61 Å². The van der Waals surface area contributed by atoms with Gasteiger partial charge in [0.25, 0.3) is 5.91 Å². The molecule has 2 rings (SSSR count). The molecule has 2 N–H and O–H groups in total. The van der Waals surface area contributed by atoms with Crippen molar-refractivity contribution in [2.24, 2.45) is 0 Å². The molecule has 1 heterocycles. The molecule has 0 aliphatic carbocycles. The van der Waals surface area contributed by atoms with E-state index in [4.69, 9.17) is 4.74 Å². The fraction of sp³-hybridized carbons (Fsp3) is 0.250. The van der Waals surface area contributed by atoms with Crippen LogP contribution in [-0.2, 0) is 20.9 Å². The number of H-pyrrole nitrogens is 1. The highest BCUT2D eigenvalue weighted by molar-refractivity contribution is 6.41. The smallest absolute Gasteiger partial charge is 0.355 e. The third-order valence-corrected chi connectivity index (χ3v) is 3.90. The zero-order chi connectivity index (χ0) is 19.1. The van der Waals surface area contributed by atoms with E-state index in [-0.39, 0.29) is 13.2 Å². The number of aromatic nitrogens is 1. The molecule has 0 spiro atoms. The van der Waals surface area contributed by atoms with Gasteiger partial charge < -0.3 is 15.0 Å². The van der Waals surface area contributed by atoms with Crippen molar-refractivity contribution in [3.8, 4) is 0 Å². The van der Waals surface area contributed by atoms with Crippen LogP contribution in [0.25, 0.3) is 6.08 Å². The van der Waals surface area contributed by atoms with Crippen LogP contribution in [0.1, 0.15) is 39.8 Å². The maximum Gasteiger partial charge on any atom is 0.355 e. The van der Waals surface area contributed by atoms with E-state index in [0.717, 1.165) is 11.3 Å². The lowest BCUT2D eigenvalue weighted by Gasteiger charge is -2.02. The first-order valence-corrected chi connectivity index (χ1v) is 8.34. The van der Waals surface area contributed by atoms with E-state index in [1.807, 2.05) is 30.3 Å². The Balaban J connectivity index is 2.03. The number of benzene rings is 1. The molecule has 0 bridgehead atoms. The Morgan fingerprint density at radius 3 is 2.50 bits per heavy atom. The SMILES string of the molecule is CCOC(=O)c1[nH]c(C)c(/C=C/C(=O)C(=O)NCc2ccccc2)c1C. The van der Waals surface area contributed by atoms with Crippen molar-refractivity contribution < 1.29 is 19.1 Å². The Morgan fingerprint density at radius 2 is 1.85 bits per heavy atom. The minimum atomic E-state index is -0.679. The average Bonchev–Trinajstić information content (AvgIpc) is 2.92. The molecule has 0 aliphatic heterocycles. The molecule has 136 valence electrons. The molecule has 0 fully saturated rings. The third kappa shape index (κ3) is 4.69. The van der Waals surface area contributed by atoms with E-state index in [2.05, 4.69) is 10.3 Å². The van der Waals surface area contributed by atoms with Crippen molar-refractivity contribution in [2.75, 3.05) is 6.61 Å². The summed E-state index contributed by atoms with van der Waals surface area (Å²) in [6.07, 6.45) is 2.74. The molecule has 6 heteroatoms. The summed E-state index contributed by atoms with van der Waals surface area (Å²) in [6, 6.07) is 9.34. The van der Waals surface area contributed by atoms with E-state index in [9.17, 15) is 14.4 Å². The molecule has 0 saturated carbocycles. The van der Waals surface area contributed by atoms with Crippen LogP contribution >= 0.6 is 0 Å². The quantitative estimate of drug-likeness (QED) is 0.455. The van der Waals surface area contributed by atoms with Crippen molar-refractivity contribution in [1.82, 2.24) is 10.3 Å². The van der Waals surface area contributed by atoms with Gasteiger partial charge in [0.15, 0.2) is 0 Å². The number of esters is 1. The van der Waals surface area contributed by atoms with Crippen LogP contribution in [0.5, 0.6) is 0 Å². The van der Waals surface area contributed by atoms with E-state index in [1.165, 1.54) is 12.2 Å². The van der Waals surface area contributed by atoms with Gasteiger partial charge in [0.1, 0.15) is 5.69 Å². The van der Waals surface area contributed by atoms with Crippen LogP contribution in [0.3, 0.4) is 0 Å². The minimum Gasteiger partial charge on any atom is -0.461 e. The molecule has 2 aromatic rings. The number of nitrogens with one attached hydrogen (secondary N) is 2. The van der Waals surface area contributed by atoms with Gasteiger partial charge in [-0.15, -0.1) is 0 Å². The summed E-state index contributed by atoms with van der Waals surface area (Å²) in [5.41, 5.74) is 3.35. The molecule has 0 radical (unpaired) electrons. The summed E-state index contributed by atoms with van der Waals surface area (Å²) in [5, 5.41) is 2.58. The highest BCUT2D eigenvalue weighted by Gasteiger charge is 2.17. The van der Waals surface area contributed by atoms with Gasteiger partial charge >= 0.3 is 5.97 Å². The molecule has 1 aromatic carbocycles. The Hall–Kier alpha value is -3.15. The number of carbonyl (C=O) groups is 3. The molecular formula is C20H22N2O4. The Kier molecular flexibility index (Phi) is 6.49. The topological polar surface area (TPSA) is 88.3 Å². The summed E-state index contributed by atoms with van der Waals surface area (Å²) in [5.74, 6) is -1.78. The number of aromatic amines is 1. The highest BCUT2D eigenvalue weighted by Crippen LogP contribution is 2.20. The predicted octanol–water partition coefficient (Wildman–Crippen LogP) is 2.71. The average molecular weight is 354 g/mol. The van der Waals surface area contributed by atoms with Crippen molar-refractivity contribution in [3.05, 3.63) is 64.5 Å². The van der Waals surface area contributed by atoms with Gasteiger partial charge in [-0.25, -0.2) is 4.79 Å². The second-order valence-electron chi connectivity index (χ2n) is 5.75. The monoisotopic (exact) mass is 354 g/mol. The fourth-order valence-corrected chi connectivity index (χ4v) is 2.52. The standard InChI is InChI=1S/C20H22N2O4/c1-4-26-20(25)18-13(2)16(14(3)22-18)10-11-17(23)19(24)21-12-15-8-6-5-7-9-15/h5-11,22H,4,12H2,1-3H3,(H,21,24)/b11-10+. The molecule has 1 aromatic heterocycles. The number of rotatable bonds is 7. The van der Waals surface area contributed by atoms with E-state index in [0.29, 0.717) is 16.8 Å². The second kappa shape index (κ2) is 8.80. The summed E-state index contributed by atoms with van der Waals surface area (Å²) in [7, 11) is 0. The number of ketones is 1. The zero-order valence-electron chi connectivity index (χ0n) is 15.1. The molecule has 0 saturated heterocycles. The highest BCUT2D eigenvalue weighted by atomic mass is 16.5. The Morgan fingerprint density at radius 1 is 1.15 bits per heavy atom. The predicted molar refractivity (Wildman–Crippen MR) is 98.6 cm³/mol. The van der Waals surface area contributed by atoms with Crippen LogP contribution in [0.2, 0.25) is 0 Å². The lowest BCUT2D eigenvalue weighted by molar-refractivity contribution is -0.135. The van der Waals surface area contributed by atoms with Crippen molar-refractivity contribution in [1.29, 1.82) is 0 Å². The van der Waals surface area contributed by atoms with Crippen LogP contribution in [0.4, 0.5) is 0 Å². The maximum absolute atomic E-state index is 12.0. The largest absolute Gasteiger partial charge is 0.461 e. The lowest BCUT2D eigenvalue weighted by atomic mass is 10.1. The molecule has 0 aliphatic rings. The summed E-state index contributed by atoms with van der Waals surface area (Å²) in [4.78, 5) is 38.8. The van der Waals surface area contributed by atoms with Crippen LogP contribution in [0, 0.1) is 13.8 Å². The number of ether oxygens (including phenoxy) is 1. The number of hydrogen-bond acceptors (Lipinski definition) is 4. The minimum absolute atomic E-state index is 0.279. The zero-order valence-corrected chi connectivity index (χ0v) is 15.1. The van der Waals surface area contributed by atoms with Gasteiger partial charge in [0.2, 0.25) is 5.78 Å². The molecule has 6 nitrogen and oxygen atoms in total. The normalized spacial score (nSPS) is 10.7. The first-order chi connectivity index (χ1) is 12.4. The first-order valence-electron chi connectivity index (χ1n) is 8.34. The van der Waals surface area contributed by atoms with Crippen molar-refractivity contribution in [2.45, 2.75) is 27.3 Å². The summed E-state index contributed by atoms with van der Waals surface area (Å²) in [6.45, 7) is 5.84. The number of aryl methyl sites for hydroxylation is 1. The maximum atomic E-state index is 12.0. The van der Waals surface area contributed by atoms with Crippen LogP contribution in [-0.4, -0.2) is 29.3 Å². The molecule has 26 heavy (non-hydrogen) atoms. The molecule has 0 atom stereocenters. The van der Waals surface area contributed by atoms with E-state index in [1.54, 1.807) is 20.8 Å². The van der Waals surface area contributed by atoms with Gasteiger partial charge in [0, 0.05) is 12.2 Å². The van der Waals surface area contributed by atoms with Gasteiger partial charge in [-0.3, -0.25) is 9.59 Å². The summed E-state index contributed by atoms with van der Waals surface area (Å²) < 4.78 is 4.99. The third-order valence-electron chi connectivity index (χ3n) is 3.90.